The van der Waals surface area contributed by atoms with Gasteiger partial charge in [-0.05, 0) is 63.7 Å². The van der Waals surface area contributed by atoms with Crippen LogP contribution in [0.3, 0.4) is 0 Å². The summed E-state index contributed by atoms with van der Waals surface area (Å²) in [5.74, 6) is 2.60. The minimum Gasteiger partial charge on any atom is -0.340 e. The molecule has 102 valence electrons. The number of carbonyl (C=O) groups is 1. The highest BCUT2D eigenvalue weighted by molar-refractivity contribution is 5.79. The van der Waals surface area contributed by atoms with Crippen LogP contribution in [-0.4, -0.2) is 29.4 Å². The molecular weight excluding hydrogens is 224 g/mol. The zero-order valence-electron chi connectivity index (χ0n) is 11.5. The highest BCUT2D eigenvalue weighted by Gasteiger charge is 2.49. The third kappa shape index (κ3) is 2.29. The van der Waals surface area contributed by atoms with Gasteiger partial charge in [0.05, 0.1) is 0 Å². The Morgan fingerprint density at radius 3 is 2.28 bits per heavy atom. The number of hydrogen-bond donors (Lipinski definition) is 1. The van der Waals surface area contributed by atoms with E-state index in [1.807, 2.05) is 0 Å². The standard InChI is InChI=1S/C15H26N2O/c1-2-17(14-5-3-13(16)4-6-14)15(18)12-8-10-7-11(10)9-12/h10-14H,2-9,16H2,1H3. The lowest BCUT2D eigenvalue weighted by molar-refractivity contribution is -0.138. The first-order valence-electron chi connectivity index (χ1n) is 7.75. The summed E-state index contributed by atoms with van der Waals surface area (Å²) < 4.78 is 0. The Morgan fingerprint density at radius 1 is 1.11 bits per heavy atom. The zero-order chi connectivity index (χ0) is 12.7. The lowest BCUT2D eigenvalue weighted by Crippen LogP contribution is -2.46. The van der Waals surface area contributed by atoms with Crippen LogP contribution in [0.5, 0.6) is 0 Å². The maximum absolute atomic E-state index is 12.6. The summed E-state index contributed by atoms with van der Waals surface area (Å²) in [6, 6.07) is 0.841. The molecule has 3 nitrogen and oxygen atoms in total. The van der Waals surface area contributed by atoms with E-state index < -0.39 is 0 Å². The quantitative estimate of drug-likeness (QED) is 0.834. The molecule has 3 saturated carbocycles. The molecule has 2 atom stereocenters. The Bertz CT molecular complexity index is 312. The van der Waals surface area contributed by atoms with E-state index >= 15 is 0 Å². The van der Waals surface area contributed by atoms with Crippen LogP contribution >= 0.6 is 0 Å². The fourth-order valence-corrected chi connectivity index (χ4v) is 4.16. The van der Waals surface area contributed by atoms with Gasteiger partial charge in [0, 0.05) is 24.5 Å². The smallest absolute Gasteiger partial charge is 0.225 e. The summed E-state index contributed by atoms with van der Waals surface area (Å²) in [6.45, 7) is 3.01. The van der Waals surface area contributed by atoms with Crippen LogP contribution < -0.4 is 5.73 Å². The molecule has 18 heavy (non-hydrogen) atoms. The molecular formula is C15H26N2O. The van der Waals surface area contributed by atoms with Crippen molar-refractivity contribution in [2.75, 3.05) is 6.54 Å². The molecule has 0 heterocycles. The number of hydrogen-bond acceptors (Lipinski definition) is 2. The van der Waals surface area contributed by atoms with E-state index in [2.05, 4.69) is 11.8 Å². The van der Waals surface area contributed by atoms with Gasteiger partial charge in [0.15, 0.2) is 0 Å². The van der Waals surface area contributed by atoms with E-state index in [1.165, 1.54) is 19.3 Å². The number of carbonyl (C=O) groups excluding carboxylic acids is 1. The second-order valence-corrected chi connectivity index (χ2v) is 6.62. The van der Waals surface area contributed by atoms with Crippen molar-refractivity contribution in [1.29, 1.82) is 0 Å². The van der Waals surface area contributed by atoms with Gasteiger partial charge in [-0.3, -0.25) is 4.79 Å². The summed E-state index contributed by atoms with van der Waals surface area (Å²) in [6.07, 6.45) is 8.14. The molecule has 3 aliphatic carbocycles. The molecule has 3 rings (SSSR count). The average molecular weight is 250 g/mol. The maximum atomic E-state index is 12.6. The fraction of sp³-hybridized carbons (Fsp3) is 0.933. The molecule has 0 aromatic heterocycles. The third-order valence-corrected chi connectivity index (χ3v) is 5.40. The van der Waals surface area contributed by atoms with Gasteiger partial charge >= 0.3 is 0 Å². The zero-order valence-corrected chi connectivity index (χ0v) is 11.5. The van der Waals surface area contributed by atoms with Crippen molar-refractivity contribution in [3.8, 4) is 0 Å². The van der Waals surface area contributed by atoms with Gasteiger partial charge in [0.2, 0.25) is 5.91 Å². The molecule has 0 saturated heterocycles. The van der Waals surface area contributed by atoms with Gasteiger partial charge in [-0.2, -0.15) is 0 Å². The molecule has 2 N–H and O–H groups in total. The molecule has 1 amide bonds. The molecule has 3 fully saturated rings. The lowest BCUT2D eigenvalue weighted by Gasteiger charge is -2.37. The summed E-state index contributed by atoms with van der Waals surface area (Å²) in [7, 11) is 0. The minimum absolute atomic E-state index is 0.351. The first-order valence-corrected chi connectivity index (χ1v) is 7.75. The van der Waals surface area contributed by atoms with Gasteiger partial charge < -0.3 is 10.6 Å². The van der Waals surface area contributed by atoms with Gasteiger partial charge in [-0.25, -0.2) is 0 Å². The van der Waals surface area contributed by atoms with Gasteiger partial charge in [0.1, 0.15) is 0 Å². The maximum Gasteiger partial charge on any atom is 0.225 e. The number of nitrogens with zero attached hydrogens (tertiary/aromatic N) is 1. The van der Waals surface area contributed by atoms with Crippen LogP contribution in [0.15, 0.2) is 0 Å². The van der Waals surface area contributed by atoms with Crippen LogP contribution in [0.1, 0.15) is 51.9 Å². The number of rotatable bonds is 3. The molecule has 2 unspecified atom stereocenters. The highest BCUT2D eigenvalue weighted by Crippen LogP contribution is 2.54. The Morgan fingerprint density at radius 2 is 1.72 bits per heavy atom. The molecule has 0 aliphatic heterocycles. The van der Waals surface area contributed by atoms with E-state index in [-0.39, 0.29) is 0 Å². The molecule has 0 spiro atoms. The summed E-state index contributed by atoms with van der Waals surface area (Å²) in [4.78, 5) is 14.8. The van der Waals surface area contributed by atoms with E-state index in [0.717, 1.165) is 44.1 Å². The second kappa shape index (κ2) is 4.84. The molecule has 0 aromatic carbocycles. The van der Waals surface area contributed by atoms with Crippen molar-refractivity contribution in [3.63, 3.8) is 0 Å². The van der Waals surface area contributed by atoms with Gasteiger partial charge in [-0.15, -0.1) is 0 Å². The van der Waals surface area contributed by atoms with Crippen LogP contribution in [0.4, 0.5) is 0 Å². The van der Waals surface area contributed by atoms with Gasteiger partial charge in [-0.1, -0.05) is 0 Å². The van der Waals surface area contributed by atoms with E-state index in [4.69, 9.17) is 5.73 Å². The van der Waals surface area contributed by atoms with Crippen molar-refractivity contribution >= 4 is 5.91 Å². The Labute approximate surface area is 110 Å². The van der Waals surface area contributed by atoms with Crippen LogP contribution in [0, 0.1) is 17.8 Å². The second-order valence-electron chi connectivity index (χ2n) is 6.62. The molecule has 0 aromatic rings. The first-order chi connectivity index (χ1) is 8.69. The number of fused-ring (bicyclic) bond motifs is 1. The fourth-order valence-electron chi connectivity index (χ4n) is 4.16. The number of amides is 1. The van der Waals surface area contributed by atoms with Crippen molar-refractivity contribution in [3.05, 3.63) is 0 Å². The number of nitrogens with two attached hydrogens (primary N) is 1. The van der Waals surface area contributed by atoms with Crippen molar-refractivity contribution in [2.45, 2.75) is 64.0 Å². The van der Waals surface area contributed by atoms with Crippen molar-refractivity contribution in [2.24, 2.45) is 23.5 Å². The predicted molar refractivity (Wildman–Crippen MR) is 71.9 cm³/mol. The van der Waals surface area contributed by atoms with Crippen LogP contribution in [0.25, 0.3) is 0 Å². The summed E-state index contributed by atoms with van der Waals surface area (Å²) >= 11 is 0. The minimum atomic E-state index is 0.351. The normalized spacial score (nSPS) is 42.4. The monoisotopic (exact) mass is 250 g/mol. The van der Waals surface area contributed by atoms with Crippen LogP contribution in [-0.2, 0) is 4.79 Å². The van der Waals surface area contributed by atoms with E-state index in [0.29, 0.717) is 23.9 Å². The summed E-state index contributed by atoms with van der Waals surface area (Å²) in [5.41, 5.74) is 5.96. The Hall–Kier alpha value is -0.570. The molecule has 0 bridgehead atoms. The average Bonchev–Trinajstić information content (AvgIpc) is 2.99. The topological polar surface area (TPSA) is 46.3 Å². The Kier molecular flexibility index (Phi) is 3.35. The van der Waals surface area contributed by atoms with Gasteiger partial charge in [0.25, 0.3) is 0 Å². The Balaban J connectivity index is 1.59. The third-order valence-electron chi connectivity index (χ3n) is 5.40. The van der Waals surface area contributed by atoms with E-state index in [1.54, 1.807) is 0 Å². The SMILES string of the molecule is CCN(C(=O)C1CC2CC2C1)C1CCC(N)CC1. The van der Waals surface area contributed by atoms with Crippen LogP contribution in [0.2, 0.25) is 0 Å². The highest BCUT2D eigenvalue weighted by atomic mass is 16.2. The van der Waals surface area contributed by atoms with Crippen molar-refractivity contribution < 1.29 is 4.79 Å². The molecule has 3 heteroatoms. The molecule has 3 aliphatic rings. The predicted octanol–water partition coefficient (Wildman–Crippen LogP) is 2.15. The van der Waals surface area contributed by atoms with Crippen molar-refractivity contribution in [1.82, 2.24) is 4.90 Å². The molecule has 0 radical (unpaired) electrons. The lowest BCUT2D eigenvalue weighted by atomic mass is 9.89. The summed E-state index contributed by atoms with van der Waals surface area (Å²) in [5, 5.41) is 0. The van der Waals surface area contributed by atoms with E-state index in [9.17, 15) is 4.79 Å². The first kappa shape index (κ1) is 12.5. The largest absolute Gasteiger partial charge is 0.340 e.